The molecule has 12 heteroatoms. The highest BCUT2D eigenvalue weighted by molar-refractivity contribution is 7.49. The number of benzene rings is 1. The molecular formula is C10H8ClN6O4P. The summed E-state index contributed by atoms with van der Waals surface area (Å²) in [5.41, 5.74) is 0. The molecule has 0 saturated heterocycles. The second-order valence-electron chi connectivity index (χ2n) is 3.74. The molecule has 0 aliphatic rings. The van der Waals surface area contributed by atoms with Crippen molar-refractivity contribution < 1.29 is 18.1 Å². The van der Waals surface area contributed by atoms with E-state index in [0.717, 1.165) is 0 Å². The number of hydrogen-bond acceptors (Lipinski definition) is 8. The number of aromatic amines is 2. The second-order valence-corrected chi connectivity index (χ2v) is 5.62. The zero-order valence-electron chi connectivity index (χ0n) is 10.7. The Hall–Kier alpha value is -2.58. The van der Waals surface area contributed by atoms with E-state index in [0.29, 0.717) is 5.02 Å². The van der Waals surface area contributed by atoms with Crippen molar-refractivity contribution in [2.24, 2.45) is 0 Å². The number of hydrogen-bond donors (Lipinski definition) is 2. The van der Waals surface area contributed by atoms with Gasteiger partial charge in [-0.05, 0) is 24.3 Å². The summed E-state index contributed by atoms with van der Waals surface area (Å²) in [5, 5.41) is 12.6. The fourth-order valence-electron chi connectivity index (χ4n) is 1.36. The Labute approximate surface area is 128 Å². The van der Waals surface area contributed by atoms with E-state index in [1.54, 1.807) is 12.1 Å². The van der Waals surface area contributed by atoms with Crippen LogP contribution in [0.15, 0.2) is 36.9 Å². The third-order valence-electron chi connectivity index (χ3n) is 2.20. The number of rotatable bonds is 6. The van der Waals surface area contributed by atoms with Gasteiger partial charge in [-0.1, -0.05) is 11.6 Å². The third kappa shape index (κ3) is 3.54. The highest BCUT2D eigenvalue weighted by Gasteiger charge is 2.36. The van der Waals surface area contributed by atoms with Crippen LogP contribution in [-0.2, 0) is 4.57 Å². The average molecular weight is 343 g/mol. The Morgan fingerprint density at radius 1 is 0.909 bits per heavy atom. The molecule has 0 atom stereocenters. The minimum Gasteiger partial charge on any atom is -0.386 e. The molecule has 3 rings (SSSR count). The lowest BCUT2D eigenvalue weighted by Gasteiger charge is -2.15. The summed E-state index contributed by atoms with van der Waals surface area (Å²) in [6, 6.07) is 5.68. The fraction of sp³-hybridized carbons (Fsp3) is 0. The first-order valence-corrected chi connectivity index (χ1v) is 7.63. The number of aromatic nitrogens is 6. The van der Waals surface area contributed by atoms with Gasteiger partial charge in [-0.3, -0.25) is 10.2 Å². The molecule has 0 radical (unpaired) electrons. The van der Waals surface area contributed by atoms with Gasteiger partial charge in [0.25, 0.3) is 0 Å². The molecular weight excluding hydrogens is 335 g/mol. The minimum atomic E-state index is -4.17. The maximum absolute atomic E-state index is 12.7. The maximum atomic E-state index is 12.7. The van der Waals surface area contributed by atoms with E-state index in [1.807, 2.05) is 0 Å². The summed E-state index contributed by atoms with van der Waals surface area (Å²) in [7, 11) is -4.17. The van der Waals surface area contributed by atoms with Crippen LogP contribution in [0.3, 0.4) is 0 Å². The SMILES string of the molecule is O=P(Oc1ccc(Cl)cc1)(Oc1nc[nH]n1)Oc1nc[nH]n1. The van der Waals surface area contributed by atoms with Crippen LogP contribution in [0.1, 0.15) is 0 Å². The highest BCUT2D eigenvalue weighted by Crippen LogP contribution is 2.48. The monoisotopic (exact) mass is 342 g/mol. The summed E-state index contributed by atoms with van der Waals surface area (Å²) in [4.78, 5) is 7.39. The van der Waals surface area contributed by atoms with Gasteiger partial charge < -0.3 is 13.6 Å². The fourth-order valence-corrected chi connectivity index (χ4v) is 2.56. The first-order chi connectivity index (χ1) is 10.6. The molecule has 0 saturated carbocycles. The molecule has 0 aliphatic heterocycles. The molecule has 1 aromatic carbocycles. The molecule has 10 nitrogen and oxygen atoms in total. The number of nitrogens with zero attached hydrogens (tertiary/aromatic N) is 4. The molecule has 0 spiro atoms. The zero-order chi connectivity index (χ0) is 15.4. The molecule has 2 aromatic heterocycles. The lowest BCUT2D eigenvalue weighted by Crippen LogP contribution is -2.09. The van der Waals surface area contributed by atoms with Gasteiger partial charge in [0.05, 0.1) is 0 Å². The zero-order valence-corrected chi connectivity index (χ0v) is 12.4. The quantitative estimate of drug-likeness (QED) is 0.652. The Morgan fingerprint density at radius 3 is 1.91 bits per heavy atom. The summed E-state index contributed by atoms with van der Waals surface area (Å²) in [6.07, 6.45) is 2.49. The van der Waals surface area contributed by atoms with Crippen molar-refractivity contribution in [3.63, 3.8) is 0 Å². The predicted octanol–water partition coefficient (Wildman–Crippen LogP) is 2.22. The number of halogens is 1. The Balaban J connectivity index is 1.84. The van der Waals surface area contributed by atoms with Crippen molar-refractivity contribution in [1.82, 2.24) is 30.4 Å². The smallest absolute Gasteiger partial charge is 0.386 e. The molecule has 22 heavy (non-hydrogen) atoms. The van der Waals surface area contributed by atoms with Crippen molar-refractivity contribution in [1.29, 1.82) is 0 Å². The molecule has 0 aliphatic carbocycles. The van der Waals surface area contributed by atoms with Crippen molar-refractivity contribution >= 4 is 19.4 Å². The van der Waals surface area contributed by atoms with Crippen LogP contribution in [0.5, 0.6) is 17.8 Å². The Morgan fingerprint density at radius 2 is 1.45 bits per heavy atom. The average Bonchev–Trinajstić information content (AvgIpc) is 3.15. The van der Waals surface area contributed by atoms with E-state index in [2.05, 4.69) is 30.4 Å². The van der Waals surface area contributed by atoms with Gasteiger partial charge in [-0.25, -0.2) is 0 Å². The van der Waals surface area contributed by atoms with Gasteiger partial charge in [0, 0.05) is 5.02 Å². The van der Waals surface area contributed by atoms with Crippen LogP contribution in [-0.4, -0.2) is 30.4 Å². The second kappa shape index (κ2) is 6.04. The van der Waals surface area contributed by atoms with E-state index >= 15 is 0 Å². The summed E-state index contributed by atoms with van der Waals surface area (Å²) in [6.45, 7) is 0. The molecule has 2 heterocycles. The standard InChI is InChI=1S/C10H8ClN6O4P/c11-7-1-3-8(4-2-7)19-22(18,20-9-12-5-14-16-9)21-10-13-6-15-17-10/h1-6H,(H,12,14,16)(H,13,15,17). The Bertz CT molecular complexity index is 723. The van der Waals surface area contributed by atoms with Gasteiger partial charge in [0.15, 0.2) is 0 Å². The van der Waals surface area contributed by atoms with Crippen LogP contribution in [0.2, 0.25) is 5.02 Å². The van der Waals surface area contributed by atoms with Crippen molar-refractivity contribution in [3.05, 3.63) is 41.9 Å². The number of H-pyrrole nitrogens is 2. The largest absolute Gasteiger partial charge is 0.652 e. The molecule has 0 bridgehead atoms. The molecule has 0 unspecified atom stereocenters. The van der Waals surface area contributed by atoms with Gasteiger partial charge >= 0.3 is 19.8 Å². The first kappa shape index (κ1) is 14.4. The van der Waals surface area contributed by atoms with Crippen LogP contribution in [0.25, 0.3) is 0 Å². The predicted molar refractivity (Wildman–Crippen MR) is 73.7 cm³/mol. The van der Waals surface area contributed by atoms with Gasteiger partial charge in [0.1, 0.15) is 18.4 Å². The van der Waals surface area contributed by atoms with Crippen molar-refractivity contribution in [2.45, 2.75) is 0 Å². The van der Waals surface area contributed by atoms with Gasteiger partial charge in [0.2, 0.25) is 0 Å². The minimum absolute atomic E-state index is 0.207. The highest BCUT2D eigenvalue weighted by atomic mass is 35.5. The number of phosphoric ester groups is 1. The summed E-state index contributed by atoms with van der Waals surface area (Å²) >= 11 is 5.78. The number of phosphoric acid groups is 1. The molecule has 0 amide bonds. The summed E-state index contributed by atoms with van der Waals surface area (Å²) in [5.74, 6) is 0.207. The lowest BCUT2D eigenvalue weighted by molar-refractivity contribution is 0.283. The third-order valence-corrected chi connectivity index (χ3v) is 3.66. The summed E-state index contributed by atoms with van der Waals surface area (Å²) < 4.78 is 28.1. The molecule has 3 aromatic rings. The Kier molecular flexibility index (Phi) is 3.94. The molecule has 114 valence electrons. The lowest BCUT2D eigenvalue weighted by atomic mass is 10.3. The van der Waals surface area contributed by atoms with Gasteiger partial charge in [-0.2, -0.15) is 14.5 Å². The van der Waals surface area contributed by atoms with Crippen molar-refractivity contribution in [2.75, 3.05) is 0 Å². The van der Waals surface area contributed by atoms with E-state index in [-0.39, 0.29) is 17.8 Å². The van der Waals surface area contributed by atoms with Gasteiger partial charge in [-0.15, -0.1) is 10.2 Å². The first-order valence-electron chi connectivity index (χ1n) is 5.79. The van der Waals surface area contributed by atoms with E-state index in [4.69, 9.17) is 25.2 Å². The van der Waals surface area contributed by atoms with E-state index < -0.39 is 7.82 Å². The van der Waals surface area contributed by atoms with E-state index in [9.17, 15) is 4.57 Å². The molecule has 2 N–H and O–H groups in total. The van der Waals surface area contributed by atoms with Crippen molar-refractivity contribution in [3.8, 4) is 17.8 Å². The van der Waals surface area contributed by atoms with E-state index in [1.165, 1.54) is 24.8 Å². The van der Waals surface area contributed by atoms with Crippen LogP contribution < -0.4 is 13.6 Å². The number of nitrogens with one attached hydrogen (secondary N) is 2. The maximum Gasteiger partial charge on any atom is 0.652 e. The molecule has 0 fully saturated rings. The topological polar surface area (TPSA) is 128 Å². The van der Waals surface area contributed by atoms with Crippen LogP contribution >= 0.6 is 19.4 Å². The van der Waals surface area contributed by atoms with Crippen LogP contribution in [0, 0.1) is 0 Å². The van der Waals surface area contributed by atoms with Crippen LogP contribution in [0.4, 0.5) is 0 Å². The normalized spacial score (nSPS) is 11.1.